The Bertz CT molecular complexity index is 432. The highest BCUT2D eigenvalue weighted by Crippen LogP contribution is 2.46. The van der Waals surface area contributed by atoms with E-state index in [-0.39, 0.29) is 5.75 Å². The van der Waals surface area contributed by atoms with Gasteiger partial charge >= 0.3 is 6.36 Å². The van der Waals surface area contributed by atoms with Crippen LogP contribution in [0.3, 0.4) is 0 Å². The second-order valence-corrected chi connectivity index (χ2v) is 5.96. The van der Waals surface area contributed by atoms with Crippen LogP contribution < -0.4 is 10.1 Å². The predicted molar refractivity (Wildman–Crippen MR) is 70.3 cm³/mol. The van der Waals surface area contributed by atoms with Crippen LogP contribution >= 0.6 is 11.8 Å². The maximum Gasteiger partial charge on any atom is 0.573 e. The smallest absolute Gasteiger partial charge is 0.406 e. The molecule has 0 aromatic heterocycles. The van der Waals surface area contributed by atoms with E-state index in [1.54, 1.807) is 12.1 Å². The first-order valence-corrected chi connectivity index (χ1v) is 7.25. The maximum absolute atomic E-state index is 12.1. The lowest BCUT2D eigenvalue weighted by atomic mass is 10.2. The summed E-state index contributed by atoms with van der Waals surface area (Å²) in [6.07, 6.45) is -0.133. The Morgan fingerprint density at radius 1 is 1.37 bits per heavy atom. The number of rotatable bonds is 6. The van der Waals surface area contributed by atoms with Gasteiger partial charge in [-0.1, -0.05) is 12.1 Å². The van der Waals surface area contributed by atoms with Crippen LogP contribution in [-0.4, -0.2) is 23.9 Å². The molecule has 0 saturated heterocycles. The minimum atomic E-state index is -4.64. The summed E-state index contributed by atoms with van der Waals surface area (Å²) >= 11 is 1.85. The molecular formula is C13H16F3NOS. The Balaban J connectivity index is 1.85. The Labute approximate surface area is 114 Å². The van der Waals surface area contributed by atoms with E-state index < -0.39 is 6.36 Å². The summed E-state index contributed by atoms with van der Waals surface area (Å²) in [7, 11) is 0. The van der Waals surface area contributed by atoms with Gasteiger partial charge in [-0.2, -0.15) is 11.8 Å². The molecule has 19 heavy (non-hydrogen) atoms. The van der Waals surface area contributed by atoms with E-state index in [0.717, 1.165) is 12.1 Å². The molecule has 0 bridgehead atoms. The van der Waals surface area contributed by atoms with E-state index in [0.29, 0.717) is 11.3 Å². The van der Waals surface area contributed by atoms with Crippen LogP contribution in [0.2, 0.25) is 0 Å². The Morgan fingerprint density at radius 3 is 2.68 bits per heavy atom. The maximum atomic E-state index is 12.1. The fourth-order valence-corrected chi connectivity index (χ4v) is 2.64. The van der Waals surface area contributed by atoms with E-state index in [1.165, 1.54) is 25.0 Å². The molecule has 1 aliphatic carbocycles. The van der Waals surface area contributed by atoms with Crippen molar-refractivity contribution >= 4 is 11.8 Å². The van der Waals surface area contributed by atoms with Crippen molar-refractivity contribution in [2.24, 2.45) is 0 Å². The van der Waals surface area contributed by atoms with Crippen molar-refractivity contribution in [3.05, 3.63) is 29.8 Å². The average molecular weight is 291 g/mol. The summed E-state index contributed by atoms with van der Waals surface area (Å²) in [5.74, 6) is -0.169. The highest BCUT2D eigenvalue weighted by Gasteiger charge is 2.41. The van der Waals surface area contributed by atoms with Crippen molar-refractivity contribution in [1.29, 1.82) is 0 Å². The van der Waals surface area contributed by atoms with Crippen molar-refractivity contribution in [1.82, 2.24) is 5.32 Å². The summed E-state index contributed by atoms with van der Waals surface area (Å²) in [5.41, 5.74) is 0.790. The van der Waals surface area contributed by atoms with Crippen LogP contribution in [0.1, 0.15) is 18.4 Å². The third-order valence-electron chi connectivity index (χ3n) is 3.15. The SMILES string of the molecule is CSC1(CNCc2cccc(OC(F)(F)F)c2)CC1. The molecule has 2 nitrogen and oxygen atoms in total. The van der Waals surface area contributed by atoms with Crippen LogP contribution in [0, 0.1) is 0 Å². The van der Waals surface area contributed by atoms with Crippen molar-refractivity contribution in [2.75, 3.05) is 12.8 Å². The number of benzene rings is 1. The van der Waals surface area contributed by atoms with Gasteiger partial charge < -0.3 is 10.1 Å². The van der Waals surface area contributed by atoms with Gasteiger partial charge in [-0.3, -0.25) is 0 Å². The summed E-state index contributed by atoms with van der Waals surface area (Å²) in [5, 5.41) is 3.29. The van der Waals surface area contributed by atoms with Crippen LogP contribution in [0.5, 0.6) is 5.75 Å². The molecule has 0 spiro atoms. The normalized spacial score (nSPS) is 17.3. The molecule has 1 aromatic carbocycles. The fraction of sp³-hybridized carbons (Fsp3) is 0.538. The minimum Gasteiger partial charge on any atom is -0.406 e. The minimum absolute atomic E-state index is 0.169. The third-order valence-corrected chi connectivity index (χ3v) is 4.57. The van der Waals surface area contributed by atoms with Gasteiger partial charge in [-0.15, -0.1) is 13.2 Å². The Morgan fingerprint density at radius 2 is 2.11 bits per heavy atom. The fourth-order valence-electron chi connectivity index (χ4n) is 1.88. The van der Waals surface area contributed by atoms with Crippen molar-refractivity contribution in [2.45, 2.75) is 30.5 Å². The molecule has 2 rings (SSSR count). The van der Waals surface area contributed by atoms with Gasteiger partial charge in [0.05, 0.1) is 0 Å². The van der Waals surface area contributed by atoms with Gasteiger partial charge in [-0.25, -0.2) is 0 Å². The quantitative estimate of drug-likeness (QED) is 0.865. The lowest BCUT2D eigenvalue weighted by Gasteiger charge is -2.14. The number of alkyl halides is 3. The van der Waals surface area contributed by atoms with Crippen LogP contribution in [0.4, 0.5) is 13.2 Å². The van der Waals surface area contributed by atoms with Gasteiger partial charge in [0, 0.05) is 17.8 Å². The highest BCUT2D eigenvalue weighted by molar-refractivity contribution is 8.00. The zero-order valence-electron chi connectivity index (χ0n) is 10.6. The predicted octanol–water partition coefficient (Wildman–Crippen LogP) is 3.57. The van der Waals surface area contributed by atoms with E-state index >= 15 is 0 Å². The number of nitrogens with one attached hydrogen (secondary N) is 1. The molecule has 6 heteroatoms. The molecule has 0 radical (unpaired) electrons. The molecule has 0 amide bonds. The number of hydrogen-bond donors (Lipinski definition) is 1. The van der Waals surface area contributed by atoms with Crippen LogP contribution in [-0.2, 0) is 6.54 Å². The lowest BCUT2D eigenvalue weighted by molar-refractivity contribution is -0.274. The summed E-state index contributed by atoms with van der Waals surface area (Å²) < 4.78 is 40.5. The highest BCUT2D eigenvalue weighted by atomic mass is 32.2. The molecule has 0 unspecified atom stereocenters. The number of ether oxygens (including phenoxy) is 1. The number of thioether (sulfide) groups is 1. The molecular weight excluding hydrogens is 275 g/mol. The molecule has 1 N–H and O–H groups in total. The monoisotopic (exact) mass is 291 g/mol. The zero-order valence-corrected chi connectivity index (χ0v) is 11.4. The zero-order chi connectivity index (χ0) is 13.9. The van der Waals surface area contributed by atoms with E-state index in [2.05, 4.69) is 16.3 Å². The molecule has 1 aromatic rings. The van der Waals surface area contributed by atoms with Gasteiger partial charge in [0.2, 0.25) is 0 Å². The van der Waals surface area contributed by atoms with Crippen molar-refractivity contribution in [3.63, 3.8) is 0 Å². The first kappa shape index (κ1) is 14.5. The van der Waals surface area contributed by atoms with Gasteiger partial charge in [0.25, 0.3) is 0 Å². The molecule has 0 atom stereocenters. The third kappa shape index (κ3) is 4.62. The molecule has 0 aliphatic heterocycles. The first-order valence-electron chi connectivity index (χ1n) is 6.03. The van der Waals surface area contributed by atoms with Gasteiger partial charge in [0.1, 0.15) is 5.75 Å². The molecule has 1 aliphatic rings. The number of hydrogen-bond acceptors (Lipinski definition) is 3. The Hall–Kier alpha value is -0.880. The summed E-state index contributed by atoms with van der Waals surface area (Å²) in [4.78, 5) is 0. The van der Waals surface area contributed by atoms with Crippen LogP contribution in [0.15, 0.2) is 24.3 Å². The topological polar surface area (TPSA) is 21.3 Å². The largest absolute Gasteiger partial charge is 0.573 e. The van der Waals surface area contributed by atoms with E-state index in [9.17, 15) is 13.2 Å². The average Bonchev–Trinajstić information content (AvgIpc) is 3.08. The second-order valence-electron chi connectivity index (χ2n) is 4.69. The van der Waals surface area contributed by atoms with Gasteiger partial charge in [0.15, 0.2) is 0 Å². The molecule has 1 saturated carbocycles. The Kier molecular flexibility index (Phi) is 4.30. The van der Waals surface area contributed by atoms with Crippen LogP contribution in [0.25, 0.3) is 0 Å². The van der Waals surface area contributed by atoms with E-state index in [1.807, 2.05) is 11.8 Å². The number of halogens is 3. The molecule has 1 fully saturated rings. The first-order chi connectivity index (χ1) is 8.92. The summed E-state index contributed by atoms with van der Waals surface area (Å²) in [6.45, 7) is 1.44. The second kappa shape index (κ2) is 5.63. The van der Waals surface area contributed by atoms with E-state index in [4.69, 9.17) is 0 Å². The van der Waals surface area contributed by atoms with Gasteiger partial charge in [-0.05, 0) is 36.8 Å². The van der Waals surface area contributed by atoms with Crippen molar-refractivity contribution < 1.29 is 17.9 Å². The lowest BCUT2D eigenvalue weighted by Crippen LogP contribution is -2.25. The van der Waals surface area contributed by atoms with Crippen molar-refractivity contribution in [3.8, 4) is 5.75 Å². The molecule has 0 heterocycles. The summed E-state index contributed by atoms with van der Waals surface area (Å²) in [6, 6.07) is 6.08. The standard InChI is InChI=1S/C13H16F3NOS/c1-19-12(5-6-12)9-17-8-10-3-2-4-11(7-10)18-13(14,15)16/h2-4,7,17H,5-6,8-9H2,1H3. The molecule has 106 valence electrons.